The molecule has 5 N–H and O–H groups in total. The molecule has 13 nitrogen and oxygen atoms in total. The summed E-state index contributed by atoms with van der Waals surface area (Å²) in [6, 6.07) is 12.9. The van der Waals surface area contributed by atoms with Crippen molar-refractivity contribution < 1.29 is 42.1 Å². The van der Waals surface area contributed by atoms with Crippen molar-refractivity contribution in [3.63, 3.8) is 0 Å². The number of imide groups is 1. The summed E-state index contributed by atoms with van der Waals surface area (Å²) in [5.41, 5.74) is 8.13. The highest BCUT2D eigenvalue weighted by Crippen LogP contribution is 2.33. The number of likely N-dealkylation sites (N-methyl/N-ethyl adjacent to an activating group) is 1. The highest BCUT2D eigenvalue weighted by Gasteiger charge is 2.32. The number of nitrogens with one attached hydrogen (secondary N) is 1. The molecule has 0 aliphatic carbocycles. The van der Waals surface area contributed by atoms with Crippen molar-refractivity contribution in [1.29, 1.82) is 0 Å². The maximum atomic E-state index is 15.4. The van der Waals surface area contributed by atoms with Crippen LogP contribution >= 0.6 is 0 Å². The number of nitrogens with two attached hydrogens (primary N) is 1. The molecule has 0 aliphatic heterocycles. The lowest BCUT2D eigenvalue weighted by Crippen LogP contribution is -2.40. The minimum Gasteiger partial charge on any atom is -0.464 e. The van der Waals surface area contributed by atoms with Gasteiger partial charge in [0.15, 0.2) is 15.7 Å². The molecule has 4 aromatic rings. The first-order chi connectivity index (χ1) is 24.7. The van der Waals surface area contributed by atoms with Gasteiger partial charge in [-0.2, -0.15) is 4.90 Å². The van der Waals surface area contributed by atoms with Crippen molar-refractivity contribution in [2.45, 2.75) is 82.7 Å². The van der Waals surface area contributed by atoms with Gasteiger partial charge in [0.25, 0.3) is 0 Å². The number of rotatable bonds is 11. The molecule has 53 heavy (non-hydrogen) atoms. The van der Waals surface area contributed by atoms with Crippen molar-refractivity contribution in [2.24, 2.45) is 0 Å². The molecule has 15 heteroatoms. The quantitative estimate of drug-likeness (QED) is 0.118. The molecule has 3 aromatic carbocycles. The minimum absolute atomic E-state index is 0.0115. The number of carbonyl (C=O) groups excluding carboxylic acids is 2. The number of pyridine rings is 1. The number of aromatic nitrogens is 1. The fourth-order valence-electron chi connectivity index (χ4n) is 5.82. The standard InChI is InChI=1S/C38H46FN5O8S/c1-21(2)53(50,51)32-14-10-26(40)16-25(32)19-43(8)35(46)33(24-9-12-28(22(3)15-24)23(4)20-45)42-27-11-13-29-30(17-27)31(39)18-41-34(29)44(36(47)48)37(49)52-38(5,6)7/h9-18,21,23,33,42,45H,19-20,40H2,1-8H3,(H,47,48)/t23-,33?/m0/s1. The third kappa shape index (κ3) is 9.03. The molecule has 4 rings (SSSR count). The number of amides is 3. The predicted octanol–water partition coefficient (Wildman–Crippen LogP) is 6.77. The number of halogens is 1. The first-order valence-corrected chi connectivity index (χ1v) is 18.4. The number of nitrogens with zero attached hydrogens (tertiary/aromatic N) is 3. The van der Waals surface area contributed by atoms with E-state index in [1.165, 1.54) is 48.3 Å². The van der Waals surface area contributed by atoms with E-state index in [0.29, 0.717) is 21.7 Å². The molecule has 3 amide bonds. The maximum absolute atomic E-state index is 15.4. The fourth-order valence-corrected chi connectivity index (χ4v) is 7.07. The van der Waals surface area contributed by atoms with Crippen LogP contribution in [0, 0.1) is 12.7 Å². The van der Waals surface area contributed by atoms with E-state index < -0.39 is 50.6 Å². The number of carboxylic acid groups (broad SMARTS) is 1. The van der Waals surface area contributed by atoms with Crippen LogP contribution in [0.5, 0.6) is 0 Å². The molecule has 1 unspecified atom stereocenters. The molecule has 0 bridgehead atoms. The van der Waals surface area contributed by atoms with E-state index in [1.807, 2.05) is 19.9 Å². The van der Waals surface area contributed by atoms with Crippen LogP contribution in [0.3, 0.4) is 0 Å². The Hall–Kier alpha value is -5.28. The first kappa shape index (κ1) is 40.5. The Kier molecular flexibility index (Phi) is 12.0. The largest absolute Gasteiger partial charge is 0.464 e. The second-order valence-corrected chi connectivity index (χ2v) is 16.7. The van der Waals surface area contributed by atoms with E-state index >= 15 is 4.39 Å². The molecular formula is C38H46FN5O8S. The Labute approximate surface area is 308 Å². The lowest BCUT2D eigenvalue weighted by Gasteiger charge is -2.28. The highest BCUT2D eigenvalue weighted by atomic mass is 32.2. The third-order valence-corrected chi connectivity index (χ3v) is 10.8. The van der Waals surface area contributed by atoms with Crippen LogP contribution < -0.4 is 16.0 Å². The Morgan fingerprint density at radius 2 is 1.70 bits per heavy atom. The Morgan fingerprint density at radius 1 is 1.02 bits per heavy atom. The Morgan fingerprint density at radius 3 is 2.28 bits per heavy atom. The van der Waals surface area contributed by atoms with Gasteiger partial charge in [-0.05, 0) is 100 Å². The second kappa shape index (κ2) is 15.8. The van der Waals surface area contributed by atoms with Gasteiger partial charge < -0.3 is 30.9 Å². The number of hydrogen-bond donors (Lipinski definition) is 4. The lowest BCUT2D eigenvalue weighted by molar-refractivity contribution is -0.131. The van der Waals surface area contributed by atoms with Crippen molar-refractivity contribution in [1.82, 2.24) is 9.88 Å². The molecule has 284 valence electrons. The monoisotopic (exact) mass is 751 g/mol. The zero-order chi connectivity index (χ0) is 39.6. The summed E-state index contributed by atoms with van der Waals surface area (Å²) in [7, 11) is -2.21. The molecular weight excluding hydrogens is 706 g/mol. The number of nitrogen functional groups attached to an aromatic ring is 1. The number of ether oxygens (including phenoxy) is 1. The number of aryl methyl sites for hydroxylation is 1. The van der Waals surface area contributed by atoms with Gasteiger partial charge in [0.2, 0.25) is 5.91 Å². The average molecular weight is 752 g/mol. The number of benzene rings is 3. The number of carbonyl (C=O) groups is 3. The predicted molar refractivity (Wildman–Crippen MR) is 201 cm³/mol. The van der Waals surface area contributed by atoms with Gasteiger partial charge in [-0.1, -0.05) is 25.1 Å². The summed E-state index contributed by atoms with van der Waals surface area (Å²) in [5.74, 6) is -1.84. The maximum Gasteiger partial charge on any atom is 0.425 e. The van der Waals surface area contributed by atoms with Crippen molar-refractivity contribution in [2.75, 3.05) is 29.6 Å². The SMILES string of the molecule is Cc1cc(C(Nc2ccc3c(N(C(=O)O)C(=O)OC(C)(C)C)ncc(F)c3c2)C(=O)N(C)Cc2cc(N)ccc2S(=O)(=O)C(C)C)ccc1[C@@H](C)CO. The highest BCUT2D eigenvalue weighted by molar-refractivity contribution is 7.92. The van der Waals surface area contributed by atoms with E-state index in [1.54, 1.807) is 46.8 Å². The van der Waals surface area contributed by atoms with E-state index in [-0.39, 0.29) is 46.2 Å². The summed E-state index contributed by atoms with van der Waals surface area (Å²) in [4.78, 5) is 45.1. The molecule has 1 aromatic heterocycles. The summed E-state index contributed by atoms with van der Waals surface area (Å²) < 4.78 is 47.1. The van der Waals surface area contributed by atoms with Crippen molar-refractivity contribution in [3.8, 4) is 0 Å². The number of aliphatic hydroxyl groups excluding tert-OH is 1. The molecule has 0 fully saturated rings. The first-order valence-electron chi connectivity index (χ1n) is 16.9. The zero-order valence-corrected chi connectivity index (χ0v) is 31.8. The van der Waals surface area contributed by atoms with Crippen LogP contribution in [0.2, 0.25) is 0 Å². The van der Waals surface area contributed by atoms with Crippen LogP contribution in [0.25, 0.3) is 10.8 Å². The Balaban J connectivity index is 1.80. The van der Waals surface area contributed by atoms with Crippen LogP contribution in [0.1, 0.15) is 75.8 Å². The average Bonchev–Trinajstić information content (AvgIpc) is 3.06. The van der Waals surface area contributed by atoms with Crippen LogP contribution in [0.15, 0.2) is 65.7 Å². The molecule has 0 radical (unpaired) electrons. The van der Waals surface area contributed by atoms with E-state index in [0.717, 1.165) is 17.3 Å². The minimum atomic E-state index is -3.73. The van der Waals surface area contributed by atoms with Gasteiger partial charge in [-0.25, -0.2) is 27.4 Å². The number of aliphatic hydroxyl groups is 1. The van der Waals surface area contributed by atoms with E-state index in [4.69, 9.17) is 10.5 Å². The fraction of sp³-hybridized carbons (Fsp3) is 0.368. The van der Waals surface area contributed by atoms with Crippen molar-refractivity contribution in [3.05, 3.63) is 88.9 Å². The number of fused-ring (bicyclic) bond motifs is 1. The second-order valence-electron chi connectivity index (χ2n) is 14.2. The smallest absolute Gasteiger partial charge is 0.425 e. The normalized spacial score (nSPS) is 13.0. The topological polar surface area (TPSA) is 192 Å². The number of hydrogen-bond acceptors (Lipinski definition) is 10. The van der Waals surface area contributed by atoms with Crippen molar-refractivity contribution >= 4 is 55.9 Å². The van der Waals surface area contributed by atoms with Gasteiger partial charge in [0, 0.05) is 48.3 Å². The van der Waals surface area contributed by atoms with Crippen LogP contribution in [-0.4, -0.2) is 71.1 Å². The van der Waals surface area contributed by atoms with Gasteiger partial charge >= 0.3 is 12.2 Å². The van der Waals surface area contributed by atoms with Crippen LogP contribution in [0.4, 0.5) is 31.2 Å². The molecule has 0 spiro atoms. The number of sulfone groups is 1. The van der Waals surface area contributed by atoms with Gasteiger partial charge in [0.05, 0.1) is 16.3 Å². The lowest BCUT2D eigenvalue weighted by atomic mass is 9.93. The molecule has 0 saturated heterocycles. The molecule has 0 aliphatic rings. The molecule has 2 atom stereocenters. The molecule has 1 heterocycles. The third-order valence-electron chi connectivity index (χ3n) is 8.58. The van der Waals surface area contributed by atoms with Crippen LogP contribution in [-0.2, 0) is 25.9 Å². The molecule has 0 saturated carbocycles. The van der Waals surface area contributed by atoms with Gasteiger partial charge in [0.1, 0.15) is 17.5 Å². The summed E-state index contributed by atoms with van der Waals surface area (Å²) in [5, 5.41) is 22.0. The van der Waals surface area contributed by atoms with Gasteiger partial charge in [-0.15, -0.1) is 0 Å². The van der Waals surface area contributed by atoms with E-state index in [9.17, 15) is 33.0 Å². The zero-order valence-electron chi connectivity index (χ0n) is 31.0. The Bertz CT molecular complexity index is 2150. The summed E-state index contributed by atoms with van der Waals surface area (Å²) in [6.45, 7) is 11.4. The number of anilines is 3. The van der Waals surface area contributed by atoms with Gasteiger partial charge in [-0.3, -0.25) is 4.79 Å². The summed E-state index contributed by atoms with van der Waals surface area (Å²) >= 11 is 0. The van der Waals surface area contributed by atoms with E-state index in [2.05, 4.69) is 10.3 Å². The summed E-state index contributed by atoms with van der Waals surface area (Å²) in [6.07, 6.45) is -2.12.